The van der Waals surface area contributed by atoms with Crippen LogP contribution in [0.2, 0.25) is 0 Å². The molecule has 88 valence electrons. The highest BCUT2D eigenvalue weighted by Gasteiger charge is 2.26. The molecular formula is C16H14N2. The Morgan fingerprint density at radius 1 is 1.11 bits per heavy atom. The minimum absolute atomic E-state index is 1.05. The van der Waals surface area contributed by atoms with Gasteiger partial charge >= 0.3 is 0 Å². The van der Waals surface area contributed by atoms with Crippen molar-refractivity contribution in [1.29, 1.82) is 0 Å². The van der Waals surface area contributed by atoms with Gasteiger partial charge in [0.25, 0.3) is 0 Å². The summed E-state index contributed by atoms with van der Waals surface area (Å²) in [7, 11) is 0. The van der Waals surface area contributed by atoms with Crippen molar-refractivity contribution >= 4 is 17.6 Å². The Morgan fingerprint density at radius 2 is 2.06 bits per heavy atom. The fourth-order valence-corrected chi connectivity index (χ4v) is 2.95. The third kappa shape index (κ3) is 1.32. The highest BCUT2D eigenvalue weighted by atomic mass is 15.2. The number of para-hydroxylation sites is 2. The van der Waals surface area contributed by atoms with E-state index < -0.39 is 0 Å². The molecule has 0 radical (unpaired) electrons. The first-order chi connectivity index (χ1) is 8.93. The topological polar surface area (TPSA) is 15.6 Å². The Bertz CT molecular complexity index is 632. The van der Waals surface area contributed by atoms with Gasteiger partial charge in [-0.1, -0.05) is 18.2 Å². The number of hydrogen-bond donors (Lipinski definition) is 0. The van der Waals surface area contributed by atoms with E-state index in [1.807, 2.05) is 6.07 Å². The molecule has 0 aromatic heterocycles. The molecule has 18 heavy (non-hydrogen) atoms. The maximum absolute atomic E-state index is 4.65. The van der Waals surface area contributed by atoms with E-state index in [1.54, 1.807) is 0 Å². The fourth-order valence-electron chi connectivity index (χ4n) is 2.95. The van der Waals surface area contributed by atoms with E-state index in [-0.39, 0.29) is 0 Å². The van der Waals surface area contributed by atoms with Crippen molar-refractivity contribution < 1.29 is 0 Å². The number of nitrogens with zero attached hydrogens (tertiary/aromatic N) is 2. The van der Waals surface area contributed by atoms with Gasteiger partial charge in [-0.25, -0.2) is 0 Å². The molecule has 2 heteroatoms. The molecule has 1 aromatic rings. The molecular weight excluding hydrogens is 220 g/mol. The molecule has 0 unspecified atom stereocenters. The van der Waals surface area contributed by atoms with Gasteiger partial charge in [0.05, 0.1) is 17.1 Å². The lowest BCUT2D eigenvalue weighted by Gasteiger charge is -2.32. The number of benzene rings is 1. The van der Waals surface area contributed by atoms with Crippen molar-refractivity contribution in [2.24, 2.45) is 4.99 Å². The fraction of sp³-hybridized carbons (Fsp3) is 0.188. The Morgan fingerprint density at radius 3 is 3.06 bits per heavy atom. The van der Waals surface area contributed by atoms with Crippen LogP contribution >= 0.6 is 0 Å². The van der Waals surface area contributed by atoms with Gasteiger partial charge in [0.1, 0.15) is 0 Å². The van der Waals surface area contributed by atoms with E-state index in [9.17, 15) is 0 Å². The van der Waals surface area contributed by atoms with Gasteiger partial charge in [-0.05, 0) is 48.6 Å². The van der Waals surface area contributed by atoms with E-state index in [4.69, 9.17) is 0 Å². The van der Waals surface area contributed by atoms with Crippen LogP contribution in [0.25, 0.3) is 0 Å². The molecule has 0 amide bonds. The average Bonchev–Trinajstić information content (AvgIpc) is 2.60. The monoisotopic (exact) mass is 234 g/mol. The second-order valence-corrected chi connectivity index (χ2v) is 4.88. The van der Waals surface area contributed by atoms with Gasteiger partial charge < -0.3 is 4.90 Å². The van der Waals surface area contributed by atoms with E-state index in [0.29, 0.717) is 0 Å². The first-order valence-corrected chi connectivity index (χ1v) is 6.47. The highest BCUT2D eigenvalue weighted by Crippen LogP contribution is 2.42. The Balaban J connectivity index is 1.99. The zero-order valence-electron chi connectivity index (χ0n) is 10.1. The number of hydrogen-bond acceptors (Lipinski definition) is 2. The van der Waals surface area contributed by atoms with Gasteiger partial charge in [-0.2, -0.15) is 0 Å². The van der Waals surface area contributed by atoms with Crippen molar-refractivity contribution in [3.8, 4) is 0 Å². The standard InChI is InChI=1S/C16H14N2/c1-2-9-15-14(8-1)17-11-13-6-3-5-12-7-4-10-18(15)16(12)13/h1-2,4,7-11H,3,5-6H2. The predicted molar refractivity (Wildman–Crippen MR) is 75.2 cm³/mol. The summed E-state index contributed by atoms with van der Waals surface area (Å²) in [5.74, 6) is 0. The van der Waals surface area contributed by atoms with Crippen LogP contribution < -0.4 is 4.90 Å². The molecule has 0 saturated carbocycles. The second-order valence-electron chi connectivity index (χ2n) is 4.88. The molecule has 3 aliphatic rings. The smallest absolute Gasteiger partial charge is 0.0870 e. The maximum atomic E-state index is 4.65. The molecule has 0 atom stereocenters. The largest absolute Gasteiger partial charge is 0.314 e. The van der Waals surface area contributed by atoms with E-state index in [0.717, 1.165) is 12.1 Å². The molecule has 0 saturated heterocycles. The number of rotatable bonds is 0. The average molecular weight is 234 g/mol. The van der Waals surface area contributed by atoms with Crippen molar-refractivity contribution in [1.82, 2.24) is 0 Å². The third-order valence-electron chi connectivity index (χ3n) is 3.77. The quantitative estimate of drug-likeness (QED) is 0.659. The Labute approximate surface area is 107 Å². The second kappa shape index (κ2) is 3.70. The molecule has 1 aromatic carbocycles. The van der Waals surface area contributed by atoms with Crippen LogP contribution in [0.5, 0.6) is 0 Å². The zero-order valence-corrected chi connectivity index (χ0v) is 10.1. The van der Waals surface area contributed by atoms with Crippen LogP contribution in [0.15, 0.2) is 64.5 Å². The van der Waals surface area contributed by atoms with Gasteiger partial charge in [0.15, 0.2) is 0 Å². The van der Waals surface area contributed by atoms with Crippen LogP contribution in [-0.2, 0) is 0 Å². The minimum atomic E-state index is 1.05. The summed E-state index contributed by atoms with van der Waals surface area (Å²) in [6, 6.07) is 8.35. The summed E-state index contributed by atoms with van der Waals surface area (Å²) in [4.78, 5) is 6.94. The third-order valence-corrected chi connectivity index (χ3v) is 3.77. The lowest BCUT2D eigenvalue weighted by atomic mass is 9.90. The lowest BCUT2D eigenvalue weighted by Crippen LogP contribution is -2.23. The summed E-state index contributed by atoms with van der Waals surface area (Å²) in [6.45, 7) is 0. The van der Waals surface area contributed by atoms with Crippen LogP contribution in [0.3, 0.4) is 0 Å². The number of anilines is 1. The number of aliphatic imine (C=N–C) groups is 1. The molecule has 2 heterocycles. The molecule has 1 aliphatic carbocycles. The highest BCUT2D eigenvalue weighted by molar-refractivity contribution is 5.91. The van der Waals surface area contributed by atoms with Crippen molar-refractivity contribution in [3.05, 3.63) is 59.5 Å². The molecule has 0 spiro atoms. The zero-order chi connectivity index (χ0) is 11.9. The summed E-state index contributed by atoms with van der Waals surface area (Å²) >= 11 is 0. The van der Waals surface area contributed by atoms with Gasteiger partial charge in [-0.15, -0.1) is 0 Å². The van der Waals surface area contributed by atoms with Crippen LogP contribution in [0.1, 0.15) is 19.3 Å². The van der Waals surface area contributed by atoms with E-state index >= 15 is 0 Å². The predicted octanol–water partition coefficient (Wildman–Crippen LogP) is 4.10. The lowest BCUT2D eigenvalue weighted by molar-refractivity contribution is 0.774. The van der Waals surface area contributed by atoms with Gasteiger partial charge in [0.2, 0.25) is 0 Å². The van der Waals surface area contributed by atoms with Crippen LogP contribution in [-0.4, -0.2) is 6.21 Å². The van der Waals surface area contributed by atoms with Crippen molar-refractivity contribution in [3.63, 3.8) is 0 Å². The Kier molecular flexibility index (Phi) is 2.04. The molecule has 0 fully saturated rings. The molecule has 4 rings (SSSR count). The van der Waals surface area contributed by atoms with E-state index in [2.05, 4.69) is 52.7 Å². The SMILES string of the molecule is C1=CN2C3=C(C=Nc4ccccc42)CCCC3=C1. The van der Waals surface area contributed by atoms with Gasteiger partial charge in [0, 0.05) is 12.4 Å². The Hall–Kier alpha value is -2.09. The molecule has 0 N–H and O–H groups in total. The minimum Gasteiger partial charge on any atom is -0.314 e. The molecule has 2 nitrogen and oxygen atoms in total. The van der Waals surface area contributed by atoms with E-state index in [1.165, 1.54) is 35.4 Å². The summed E-state index contributed by atoms with van der Waals surface area (Å²) in [5, 5.41) is 0. The van der Waals surface area contributed by atoms with Gasteiger partial charge in [-0.3, -0.25) is 4.99 Å². The molecule has 0 bridgehead atoms. The molecule has 2 aliphatic heterocycles. The summed E-state index contributed by atoms with van der Waals surface area (Å²) in [6.07, 6.45) is 12.1. The van der Waals surface area contributed by atoms with Crippen molar-refractivity contribution in [2.75, 3.05) is 4.90 Å². The van der Waals surface area contributed by atoms with Crippen LogP contribution in [0, 0.1) is 0 Å². The first-order valence-electron chi connectivity index (χ1n) is 6.47. The number of allylic oxidation sites excluding steroid dienone is 4. The summed E-state index contributed by atoms with van der Waals surface area (Å²) < 4.78 is 0. The van der Waals surface area contributed by atoms with Crippen molar-refractivity contribution in [2.45, 2.75) is 19.3 Å². The summed E-state index contributed by atoms with van der Waals surface area (Å²) in [5.41, 5.74) is 6.41. The normalized spacial score (nSPS) is 20.2. The maximum Gasteiger partial charge on any atom is 0.0870 e. The van der Waals surface area contributed by atoms with Crippen LogP contribution in [0.4, 0.5) is 11.4 Å². The number of fused-ring (bicyclic) bond motifs is 2. The first kappa shape index (κ1) is 9.89.